The summed E-state index contributed by atoms with van der Waals surface area (Å²) in [5, 5.41) is 8.45. The second-order valence-electron chi connectivity index (χ2n) is 24.7. The van der Waals surface area contributed by atoms with Crippen LogP contribution in [0, 0.1) is 0 Å². The molecule has 0 aromatic carbocycles. The minimum absolute atomic E-state index is 0.377. The van der Waals surface area contributed by atoms with Crippen LogP contribution in [-0.2, 0) is 33.4 Å². The van der Waals surface area contributed by atoms with Gasteiger partial charge < -0.3 is 19.3 Å². The van der Waals surface area contributed by atoms with Crippen molar-refractivity contribution in [2.45, 2.75) is 406 Å². The number of carbonyl (C=O) groups excluding carboxylic acids is 3. The van der Waals surface area contributed by atoms with Gasteiger partial charge in [-0.15, -0.1) is 0 Å². The maximum absolute atomic E-state index is 11.8. The third-order valence-corrected chi connectivity index (χ3v) is 16.4. The molecule has 0 saturated carbocycles. The van der Waals surface area contributed by atoms with Crippen molar-refractivity contribution in [1.29, 1.82) is 0 Å². The van der Waals surface area contributed by atoms with Crippen molar-refractivity contribution in [2.24, 2.45) is 0 Å². The largest absolute Gasteiger partial charge is 0.478 e. The molecule has 0 aromatic rings. The maximum atomic E-state index is 11.8. The van der Waals surface area contributed by atoms with E-state index in [2.05, 4.69) is 20.8 Å². The van der Waals surface area contributed by atoms with Crippen LogP contribution in [0.3, 0.4) is 0 Å². The lowest BCUT2D eigenvalue weighted by atomic mass is 10.0. The van der Waals surface area contributed by atoms with Gasteiger partial charge in [0.15, 0.2) is 0 Å². The van der Waals surface area contributed by atoms with Crippen molar-refractivity contribution in [3.63, 3.8) is 0 Å². The molecule has 484 valence electrons. The Hall–Kier alpha value is -2.64. The molecule has 0 radical (unpaired) electrons. The highest BCUT2D eigenvalue weighted by Crippen LogP contribution is 2.19. The number of hydrogen-bond donors (Lipinski definition) is 1. The van der Waals surface area contributed by atoms with E-state index in [4.69, 9.17) is 19.3 Å². The molecule has 0 aliphatic rings. The maximum Gasteiger partial charge on any atom is 0.331 e. The van der Waals surface area contributed by atoms with E-state index in [0.717, 1.165) is 50.7 Å². The molecule has 8 heteroatoms. The van der Waals surface area contributed by atoms with E-state index in [0.29, 0.717) is 19.8 Å². The van der Waals surface area contributed by atoms with Crippen LogP contribution in [0.4, 0.5) is 0 Å². The Bertz CT molecular complexity index is 1290. The number of carboxylic acid groups (broad SMARTS) is 1. The van der Waals surface area contributed by atoms with Gasteiger partial charge in [0.2, 0.25) is 0 Å². The molecular weight excluding hydrogens is 1020 g/mol. The number of unbranched alkanes of at least 4 members (excludes halogenated alkanes) is 57. The topological polar surface area (TPSA) is 116 Å². The summed E-state index contributed by atoms with van der Waals surface area (Å²) in [5.41, 5.74) is 0. The number of carboxylic acids is 1. The predicted octanol–water partition coefficient (Wildman–Crippen LogP) is 24.3. The van der Waals surface area contributed by atoms with Crippen molar-refractivity contribution in [2.75, 3.05) is 19.8 Å². The Kier molecular flexibility index (Phi) is 73.9. The smallest absolute Gasteiger partial charge is 0.331 e. The Morgan fingerprint density at radius 3 is 0.463 bits per heavy atom. The van der Waals surface area contributed by atoms with Crippen LogP contribution in [-0.4, -0.2) is 48.8 Å². The number of hydrogen-bond acceptors (Lipinski definition) is 7. The lowest BCUT2D eigenvalue weighted by molar-refractivity contribution is -0.140. The Labute approximate surface area is 510 Å². The highest BCUT2D eigenvalue weighted by Gasteiger charge is 2.04. The second-order valence-corrected chi connectivity index (χ2v) is 24.7. The summed E-state index contributed by atoms with van der Waals surface area (Å²) in [4.78, 5) is 45.2. The molecule has 0 aliphatic heterocycles. The van der Waals surface area contributed by atoms with Crippen molar-refractivity contribution >= 4 is 23.9 Å². The van der Waals surface area contributed by atoms with Gasteiger partial charge in [0, 0.05) is 24.3 Å². The van der Waals surface area contributed by atoms with Crippen LogP contribution in [0.1, 0.15) is 406 Å². The Morgan fingerprint density at radius 2 is 0.329 bits per heavy atom. The summed E-state index contributed by atoms with van der Waals surface area (Å²) in [6.45, 7) is 8.08. The van der Waals surface area contributed by atoms with Gasteiger partial charge in [0.25, 0.3) is 0 Å². The van der Waals surface area contributed by atoms with E-state index in [-0.39, 0.29) is 0 Å². The molecule has 0 fully saturated rings. The second kappa shape index (κ2) is 74.5. The standard InChI is InChI=1S/C40H76O4.C34H64O4/c1-3-5-7-9-11-13-15-17-19-21-23-25-27-29-31-33-37-43-39(41)35-36-40(42)44-38-34-32-30-28-26-24-22-20-18-16-14-12-10-8-6-4-2;1-2-3-4-5-6-7-8-9-10-11-12-13-14-15-16-17-18-19-20-21-22-23-24-25-26-27-28-29-32-38-34(37)31-30-33(35)36/h35-36H,3-34,37-38H2,1-2H3;30-31H,2-29,32H2,1H3,(H,35,36). The van der Waals surface area contributed by atoms with Crippen LogP contribution in [0.2, 0.25) is 0 Å². The van der Waals surface area contributed by atoms with Crippen molar-refractivity contribution in [3.8, 4) is 0 Å². The zero-order valence-electron chi connectivity index (χ0n) is 55.2. The summed E-state index contributed by atoms with van der Waals surface area (Å²) in [6.07, 6.45) is 85.2. The molecule has 0 amide bonds. The average molecular weight is 1160 g/mol. The lowest BCUT2D eigenvalue weighted by Crippen LogP contribution is -2.06. The highest BCUT2D eigenvalue weighted by atomic mass is 16.5. The summed E-state index contributed by atoms with van der Waals surface area (Å²) in [6, 6.07) is 0. The van der Waals surface area contributed by atoms with Crippen molar-refractivity contribution in [3.05, 3.63) is 24.3 Å². The van der Waals surface area contributed by atoms with Crippen LogP contribution in [0.5, 0.6) is 0 Å². The molecule has 0 heterocycles. The molecule has 1 N–H and O–H groups in total. The number of aliphatic carboxylic acids is 1. The SMILES string of the molecule is CCCCCCCCCCCCCCCCCCCCCCCCCCCCCCOC(=O)C=CC(=O)O.CCCCCCCCCCCCCCCCCCOC(=O)C=CC(=O)OCCCCCCCCCCCCCCCCCC. The molecule has 0 spiro atoms. The first-order valence-electron chi connectivity index (χ1n) is 36.5. The summed E-state index contributed by atoms with van der Waals surface area (Å²) < 4.78 is 15.4. The van der Waals surface area contributed by atoms with Gasteiger partial charge in [-0.25, -0.2) is 19.2 Å². The first-order chi connectivity index (χ1) is 40.4. The number of rotatable bonds is 67. The Balaban J connectivity index is 0. The van der Waals surface area contributed by atoms with Gasteiger partial charge >= 0.3 is 23.9 Å². The summed E-state index contributed by atoms with van der Waals surface area (Å²) in [7, 11) is 0. The summed E-state index contributed by atoms with van der Waals surface area (Å²) >= 11 is 0. The molecule has 0 aromatic heterocycles. The Morgan fingerprint density at radius 1 is 0.207 bits per heavy atom. The third kappa shape index (κ3) is 77.4. The quantitative estimate of drug-likeness (QED) is 0.0277. The monoisotopic (exact) mass is 1160 g/mol. The van der Waals surface area contributed by atoms with Crippen molar-refractivity contribution < 1.29 is 38.5 Å². The van der Waals surface area contributed by atoms with Crippen LogP contribution in [0.25, 0.3) is 0 Å². The fraction of sp³-hybridized carbons (Fsp3) is 0.892. The van der Waals surface area contributed by atoms with Gasteiger partial charge in [-0.2, -0.15) is 0 Å². The fourth-order valence-electron chi connectivity index (χ4n) is 11.0. The molecule has 0 aliphatic carbocycles. The fourth-order valence-corrected chi connectivity index (χ4v) is 11.0. The van der Waals surface area contributed by atoms with Crippen molar-refractivity contribution in [1.82, 2.24) is 0 Å². The number of carbonyl (C=O) groups is 4. The number of ether oxygens (including phenoxy) is 3. The number of esters is 3. The molecule has 0 bridgehead atoms. The van der Waals surface area contributed by atoms with E-state index >= 15 is 0 Å². The molecule has 0 unspecified atom stereocenters. The van der Waals surface area contributed by atoms with Gasteiger partial charge in [-0.05, 0) is 19.3 Å². The minimum Gasteiger partial charge on any atom is -0.478 e. The van der Waals surface area contributed by atoms with E-state index < -0.39 is 23.9 Å². The zero-order valence-corrected chi connectivity index (χ0v) is 55.2. The van der Waals surface area contributed by atoms with E-state index in [1.54, 1.807) is 0 Å². The zero-order chi connectivity index (χ0) is 59.8. The first-order valence-corrected chi connectivity index (χ1v) is 36.5. The van der Waals surface area contributed by atoms with Gasteiger partial charge in [-0.1, -0.05) is 387 Å². The predicted molar refractivity (Wildman–Crippen MR) is 353 cm³/mol. The van der Waals surface area contributed by atoms with Crippen LogP contribution >= 0.6 is 0 Å². The van der Waals surface area contributed by atoms with Gasteiger partial charge in [0.05, 0.1) is 19.8 Å². The molecule has 0 saturated heterocycles. The highest BCUT2D eigenvalue weighted by molar-refractivity contribution is 5.91. The van der Waals surface area contributed by atoms with E-state index in [9.17, 15) is 19.2 Å². The van der Waals surface area contributed by atoms with Crippen LogP contribution in [0.15, 0.2) is 24.3 Å². The summed E-state index contributed by atoms with van der Waals surface area (Å²) in [5.74, 6) is -2.61. The average Bonchev–Trinajstić information content (AvgIpc) is 3.47. The first kappa shape index (κ1) is 81.4. The molecular formula is C74H140O8. The van der Waals surface area contributed by atoms with Gasteiger partial charge in [-0.3, -0.25) is 0 Å². The van der Waals surface area contributed by atoms with Gasteiger partial charge in [0.1, 0.15) is 0 Å². The third-order valence-electron chi connectivity index (χ3n) is 16.4. The molecule has 0 rings (SSSR count). The minimum atomic E-state index is -1.13. The normalized spacial score (nSPS) is 11.4. The molecule has 8 nitrogen and oxygen atoms in total. The van der Waals surface area contributed by atoms with Crippen LogP contribution < -0.4 is 0 Å². The molecule has 0 atom stereocenters. The molecule has 82 heavy (non-hydrogen) atoms. The van der Waals surface area contributed by atoms with E-state index in [1.807, 2.05) is 0 Å². The van der Waals surface area contributed by atoms with E-state index in [1.165, 1.54) is 359 Å². The lowest BCUT2D eigenvalue weighted by Gasteiger charge is -2.05.